The molecule has 9 rings (SSSR count). The van der Waals surface area contributed by atoms with Crippen LogP contribution in [-0.4, -0.2) is 83.5 Å². The number of ketones is 1. The van der Waals surface area contributed by atoms with E-state index in [0.717, 1.165) is 111 Å². The van der Waals surface area contributed by atoms with Gasteiger partial charge in [0.1, 0.15) is 24.6 Å². The number of rotatable bonds is 22. The molecule has 11 heteroatoms. The fourth-order valence-corrected chi connectivity index (χ4v) is 9.88. The van der Waals surface area contributed by atoms with E-state index < -0.39 is 18.2 Å². The number of fused-ring (bicyclic) bond motifs is 4. The predicted octanol–water partition coefficient (Wildman–Crippen LogP) is 9.64. The number of piperidine rings is 3. The number of aliphatic hydroxyl groups is 1. The molecule has 344 valence electrons. The summed E-state index contributed by atoms with van der Waals surface area (Å²) < 4.78 is 13.4. The monoisotopic (exact) mass is 891 g/mol. The van der Waals surface area contributed by atoms with Crippen LogP contribution >= 0.6 is 0 Å². The molecule has 0 saturated carbocycles. The molecule has 1 unspecified atom stereocenters. The molecule has 6 aromatic rings. The topological polar surface area (TPSA) is 150 Å². The highest BCUT2D eigenvalue weighted by atomic mass is 16.6. The van der Waals surface area contributed by atoms with Crippen molar-refractivity contribution in [2.24, 2.45) is 5.92 Å². The summed E-state index contributed by atoms with van der Waals surface area (Å²) in [6.07, 6.45) is 7.86. The van der Waals surface area contributed by atoms with Crippen molar-refractivity contribution in [3.63, 3.8) is 0 Å². The van der Waals surface area contributed by atoms with Gasteiger partial charge in [0.25, 0.3) is 0 Å². The Labute approximate surface area is 387 Å². The van der Waals surface area contributed by atoms with Gasteiger partial charge in [-0.05, 0) is 77.5 Å². The molecule has 0 aliphatic carbocycles. The first-order valence-electron chi connectivity index (χ1n) is 23.8. The summed E-state index contributed by atoms with van der Waals surface area (Å²) in [5, 5.41) is 28.2. The molecular formula is C55H63N4O7+. The van der Waals surface area contributed by atoms with Gasteiger partial charge in [0.15, 0.2) is 6.10 Å². The summed E-state index contributed by atoms with van der Waals surface area (Å²) >= 11 is 0. The third-order valence-electron chi connectivity index (χ3n) is 13.5. The predicted molar refractivity (Wildman–Crippen MR) is 259 cm³/mol. The number of aromatic amines is 1. The van der Waals surface area contributed by atoms with Gasteiger partial charge in [0.2, 0.25) is 11.3 Å². The zero-order valence-electron chi connectivity index (χ0n) is 37.7. The minimum Gasteiger partial charge on any atom is -0.506 e. The van der Waals surface area contributed by atoms with Crippen molar-refractivity contribution in [3.05, 3.63) is 166 Å². The number of aromatic nitrogens is 1. The van der Waals surface area contributed by atoms with Crippen molar-refractivity contribution in [1.82, 2.24) is 15.6 Å². The highest BCUT2D eigenvalue weighted by Crippen LogP contribution is 2.37. The lowest BCUT2D eigenvalue weighted by atomic mass is 9.83. The molecule has 3 aliphatic heterocycles. The zero-order chi connectivity index (χ0) is 45.7. The van der Waals surface area contributed by atoms with E-state index in [9.17, 15) is 24.6 Å². The summed E-state index contributed by atoms with van der Waals surface area (Å²) in [4.78, 5) is 41.7. The minimum atomic E-state index is -0.764. The van der Waals surface area contributed by atoms with Gasteiger partial charge in [0.05, 0.1) is 37.4 Å². The number of nitrogens with zero attached hydrogens (tertiary/aromatic N) is 1. The van der Waals surface area contributed by atoms with Gasteiger partial charge >= 0.3 is 6.09 Å². The fraction of sp³-hybridized carbons (Fsp3) is 0.364. The average Bonchev–Trinajstić information content (AvgIpc) is 3.34. The third kappa shape index (κ3) is 11.9. The van der Waals surface area contributed by atoms with Crippen molar-refractivity contribution in [2.45, 2.75) is 76.0 Å². The van der Waals surface area contributed by atoms with Crippen LogP contribution in [-0.2, 0) is 4.74 Å². The number of nitrogens with one attached hydrogen (secondary N) is 3. The number of hydrogen-bond donors (Lipinski definition) is 5. The highest BCUT2D eigenvalue weighted by Gasteiger charge is 2.48. The number of Topliss-reactive ketones (excluding diaryl/α,β-unsaturated/α-hetero) is 1. The maximum absolute atomic E-state index is 14.0. The molecule has 1 amide bonds. The Bertz CT molecular complexity index is 2580. The molecule has 4 heterocycles. The standard InChI is InChI=1S/C55H62N4O7/c60-48-25-23-46(47-24-26-52(63)57-54(47)48)49(61)36-56-29-15-4-2-1-3-5-16-32-65-45-34-43(39-17-9-6-10-18-39)33-44(35-45)53(42-21-13-8-14-22-42)58-55(64)66-51-38-59(30-27-41(51)28-31-59)37-50(62)40-19-11-7-12-20-40/h6-14,17-26,33-35,41,49,51,53,56,61H,1-5,15-16,27-32,36-38H2,(H2-,57,58,60,63,64)/p+1/t41?,49-,51-,53?,59?/m0/s1. The average molecular weight is 892 g/mol. The molecule has 2 bridgehead atoms. The lowest BCUT2D eigenvalue weighted by Crippen LogP contribution is -2.66. The summed E-state index contributed by atoms with van der Waals surface area (Å²) in [7, 11) is 0. The van der Waals surface area contributed by atoms with E-state index in [4.69, 9.17) is 9.47 Å². The van der Waals surface area contributed by atoms with Gasteiger partial charge < -0.3 is 39.8 Å². The minimum absolute atomic E-state index is 0.0180. The van der Waals surface area contributed by atoms with E-state index in [-0.39, 0.29) is 29.1 Å². The number of hydrogen-bond acceptors (Lipinski definition) is 8. The number of quaternary nitrogens is 1. The summed E-state index contributed by atoms with van der Waals surface area (Å²) in [6.45, 7) is 4.67. The molecule has 11 nitrogen and oxygen atoms in total. The van der Waals surface area contributed by atoms with Crippen molar-refractivity contribution in [1.29, 1.82) is 0 Å². The normalized spacial score (nSPS) is 18.7. The summed E-state index contributed by atoms with van der Waals surface area (Å²) in [5.41, 5.74) is 5.32. The summed E-state index contributed by atoms with van der Waals surface area (Å²) in [6, 6.07) is 41.7. The number of unbranched alkanes of at least 4 members (excludes halogenated alkanes) is 6. The zero-order valence-corrected chi connectivity index (χ0v) is 37.7. The number of phenols is 1. The van der Waals surface area contributed by atoms with E-state index in [1.165, 1.54) is 12.1 Å². The molecule has 5 N–H and O–H groups in total. The number of amides is 1. The number of pyridine rings is 1. The number of carbonyl (C=O) groups excluding carboxylic acids is 2. The second kappa shape index (κ2) is 22.3. The van der Waals surface area contributed by atoms with Gasteiger partial charge in [-0.25, -0.2) is 4.79 Å². The fourth-order valence-electron chi connectivity index (χ4n) is 9.88. The van der Waals surface area contributed by atoms with Crippen LogP contribution in [0.1, 0.15) is 97.0 Å². The second-order valence-electron chi connectivity index (χ2n) is 18.2. The Kier molecular flexibility index (Phi) is 15.6. The number of carbonyl (C=O) groups is 2. The SMILES string of the molecule is O=C(NC(c1ccccc1)c1cc(OCCCCCCCCCNC[C@H](O)c2ccc(O)c3[nH]c(=O)ccc23)cc(-c2ccccc2)c1)O[C@H]1C[N+]2(CC(=O)c3ccccc3)CCC1CC2. The lowest BCUT2D eigenvalue weighted by Gasteiger charge is -2.51. The van der Waals surface area contributed by atoms with Gasteiger partial charge in [-0.3, -0.25) is 9.59 Å². The molecule has 0 spiro atoms. The van der Waals surface area contributed by atoms with Crippen molar-refractivity contribution in [3.8, 4) is 22.6 Å². The van der Waals surface area contributed by atoms with Crippen LogP contribution in [0.3, 0.4) is 0 Å². The van der Waals surface area contributed by atoms with E-state index in [2.05, 4.69) is 39.9 Å². The van der Waals surface area contributed by atoms with Crippen LogP contribution < -0.4 is 20.9 Å². The van der Waals surface area contributed by atoms with Crippen molar-refractivity contribution in [2.75, 3.05) is 45.9 Å². The number of ether oxygens (including phenoxy) is 2. The number of alkyl carbamates (subject to hydrolysis) is 1. The molecule has 66 heavy (non-hydrogen) atoms. The van der Waals surface area contributed by atoms with Gasteiger partial charge in [-0.2, -0.15) is 0 Å². The lowest BCUT2D eigenvalue weighted by molar-refractivity contribution is -0.938. The van der Waals surface area contributed by atoms with E-state index in [0.29, 0.717) is 47.2 Å². The quantitative estimate of drug-likeness (QED) is 0.0257. The van der Waals surface area contributed by atoms with Crippen LogP contribution in [0, 0.1) is 5.92 Å². The first kappa shape index (κ1) is 46.3. The Morgan fingerprint density at radius 2 is 1.42 bits per heavy atom. The number of aliphatic hydroxyl groups excluding tert-OH is 1. The van der Waals surface area contributed by atoms with E-state index >= 15 is 0 Å². The Hall–Kier alpha value is -6.27. The van der Waals surface area contributed by atoms with Gasteiger partial charge in [0, 0.05) is 42.3 Å². The van der Waals surface area contributed by atoms with Crippen LogP contribution in [0.25, 0.3) is 22.0 Å². The third-order valence-corrected chi connectivity index (χ3v) is 13.5. The molecule has 3 aliphatic rings. The van der Waals surface area contributed by atoms with Crippen LogP contribution in [0.15, 0.2) is 138 Å². The Morgan fingerprint density at radius 1 is 0.742 bits per heavy atom. The number of H-pyrrole nitrogens is 1. The van der Waals surface area contributed by atoms with Gasteiger partial charge in [-0.1, -0.05) is 129 Å². The van der Waals surface area contributed by atoms with Crippen molar-refractivity contribution < 1.29 is 33.8 Å². The van der Waals surface area contributed by atoms with Crippen LogP contribution in [0.5, 0.6) is 11.5 Å². The molecule has 3 saturated heterocycles. The molecule has 3 fully saturated rings. The van der Waals surface area contributed by atoms with E-state index in [1.54, 1.807) is 12.1 Å². The molecular weight excluding hydrogens is 829 g/mol. The Morgan fingerprint density at radius 3 is 2.17 bits per heavy atom. The first-order valence-corrected chi connectivity index (χ1v) is 23.8. The molecule has 5 aromatic carbocycles. The largest absolute Gasteiger partial charge is 0.506 e. The maximum Gasteiger partial charge on any atom is 0.408 e. The van der Waals surface area contributed by atoms with Crippen LogP contribution in [0.2, 0.25) is 0 Å². The number of aromatic hydroxyl groups is 1. The molecule has 1 aromatic heterocycles. The smallest absolute Gasteiger partial charge is 0.408 e. The number of phenolic OH excluding ortho intramolecular Hbond substituents is 1. The maximum atomic E-state index is 14.0. The molecule has 3 atom stereocenters. The second-order valence-corrected chi connectivity index (χ2v) is 18.2. The molecule has 0 radical (unpaired) electrons. The van der Waals surface area contributed by atoms with E-state index in [1.807, 2.05) is 84.9 Å². The van der Waals surface area contributed by atoms with Crippen molar-refractivity contribution >= 4 is 22.8 Å². The summed E-state index contributed by atoms with van der Waals surface area (Å²) in [5.74, 6) is 1.15. The van der Waals surface area contributed by atoms with Gasteiger partial charge in [-0.15, -0.1) is 0 Å². The highest BCUT2D eigenvalue weighted by molar-refractivity contribution is 5.97. The Balaban J connectivity index is 0.821. The number of benzene rings is 5. The van der Waals surface area contributed by atoms with Crippen LogP contribution in [0.4, 0.5) is 4.79 Å². The first-order chi connectivity index (χ1) is 32.2.